The van der Waals surface area contributed by atoms with Gasteiger partial charge in [0.2, 0.25) is 0 Å². The minimum atomic E-state index is -0.468. The van der Waals surface area contributed by atoms with Gasteiger partial charge in [-0.15, -0.1) is 0 Å². The number of nitriles is 1. The SMILES string of the molecule is N#Cc1ccc(C(O)CN2CCCC(N3CCCC3)C2)cc1. The number of hydrogen-bond acceptors (Lipinski definition) is 4. The van der Waals surface area contributed by atoms with E-state index < -0.39 is 6.10 Å². The molecule has 2 aliphatic heterocycles. The largest absolute Gasteiger partial charge is 0.387 e. The standard InChI is InChI=1S/C18H25N3O/c19-12-15-5-7-16(8-6-15)18(22)14-20-9-3-4-17(13-20)21-10-1-2-11-21/h5-8,17-18,22H,1-4,9-11,13-14H2. The summed E-state index contributed by atoms with van der Waals surface area (Å²) in [5.74, 6) is 0. The summed E-state index contributed by atoms with van der Waals surface area (Å²) < 4.78 is 0. The van der Waals surface area contributed by atoms with Crippen LogP contribution in [0.3, 0.4) is 0 Å². The first kappa shape index (κ1) is 15.5. The first-order valence-corrected chi connectivity index (χ1v) is 8.41. The van der Waals surface area contributed by atoms with Crippen LogP contribution in [0.2, 0.25) is 0 Å². The summed E-state index contributed by atoms with van der Waals surface area (Å²) in [7, 11) is 0. The van der Waals surface area contributed by atoms with Gasteiger partial charge < -0.3 is 5.11 Å². The van der Waals surface area contributed by atoms with Gasteiger partial charge in [0, 0.05) is 19.1 Å². The molecule has 2 saturated heterocycles. The zero-order valence-corrected chi connectivity index (χ0v) is 13.1. The molecule has 2 aliphatic rings. The Morgan fingerprint density at radius 3 is 2.55 bits per heavy atom. The van der Waals surface area contributed by atoms with Gasteiger partial charge in [-0.25, -0.2) is 0 Å². The Morgan fingerprint density at radius 1 is 1.14 bits per heavy atom. The highest BCUT2D eigenvalue weighted by atomic mass is 16.3. The van der Waals surface area contributed by atoms with Crippen LogP contribution in [0.4, 0.5) is 0 Å². The van der Waals surface area contributed by atoms with E-state index in [2.05, 4.69) is 15.9 Å². The zero-order chi connectivity index (χ0) is 15.4. The van der Waals surface area contributed by atoms with Crippen LogP contribution in [0.5, 0.6) is 0 Å². The van der Waals surface area contributed by atoms with Crippen molar-refractivity contribution in [1.82, 2.24) is 9.80 Å². The van der Waals surface area contributed by atoms with E-state index in [4.69, 9.17) is 5.26 Å². The summed E-state index contributed by atoms with van der Waals surface area (Å²) in [5.41, 5.74) is 1.55. The molecule has 0 aromatic heterocycles. The van der Waals surface area contributed by atoms with Gasteiger partial charge in [0.15, 0.2) is 0 Å². The van der Waals surface area contributed by atoms with Crippen LogP contribution in [0.15, 0.2) is 24.3 Å². The average molecular weight is 299 g/mol. The smallest absolute Gasteiger partial charge is 0.0991 e. The molecule has 0 bridgehead atoms. The second-order valence-electron chi connectivity index (χ2n) is 6.55. The van der Waals surface area contributed by atoms with Crippen molar-refractivity contribution in [3.8, 4) is 6.07 Å². The van der Waals surface area contributed by atoms with E-state index in [1.165, 1.54) is 38.8 Å². The Hall–Kier alpha value is -1.41. The van der Waals surface area contributed by atoms with E-state index in [1.807, 2.05) is 12.1 Å². The molecule has 2 fully saturated rings. The molecule has 2 unspecified atom stereocenters. The summed E-state index contributed by atoms with van der Waals surface area (Å²) in [4.78, 5) is 5.02. The maximum absolute atomic E-state index is 10.4. The number of likely N-dealkylation sites (tertiary alicyclic amines) is 2. The van der Waals surface area contributed by atoms with E-state index in [-0.39, 0.29) is 0 Å². The fourth-order valence-electron chi connectivity index (χ4n) is 3.73. The molecule has 118 valence electrons. The summed E-state index contributed by atoms with van der Waals surface area (Å²) in [6.45, 7) is 5.34. The Balaban J connectivity index is 1.55. The number of hydrogen-bond donors (Lipinski definition) is 1. The van der Waals surface area contributed by atoms with Crippen LogP contribution in [-0.2, 0) is 0 Å². The number of β-amino-alcohol motifs (C(OH)–C–C–N with tert-alkyl or cyclic N) is 1. The van der Waals surface area contributed by atoms with Gasteiger partial charge in [0.1, 0.15) is 0 Å². The van der Waals surface area contributed by atoms with Crippen LogP contribution in [0.25, 0.3) is 0 Å². The van der Waals surface area contributed by atoms with Gasteiger partial charge in [-0.1, -0.05) is 12.1 Å². The minimum Gasteiger partial charge on any atom is -0.387 e. The van der Waals surface area contributed by atoms with Gasteiger partial charge in [0.25, 0.3) is 0 Å². The van der Waals surface area contributed by atoms with Gasteiger partial charge >= 0.3 is 0 Å². The molecule has 22 heavy (non-hydrogen) atoms. The molecule has 2 atom stereocenters. The molecule has 0 saturated carbocycles. The third-order valence-electron chi connectivity index (χ3n) is 4.99. The Labute approximate surface area is 133 Å². The summed E-state index contributed by atoms with van der Waals surface area (Å²) in [6, 6.07) is 10.1. The molecule has 4 heteroatoms. The fourth-order valence-corrected chi connectivity index (χ4v) is 3.73. The highest BCUT2D eigenvalue weighted by Crippen LogP contribution is 2.22. The van der Waals surface area contributed by atoms with Crippen molar-refractivity contribution >= 4 is 0 Å². The molecule has 0 spiro atoms. The number of rotatable bonds is 4. The molecule has 2 heterocycles. The Bertz CT molecular complexity index is 516. The molecule has 3 rings (SSSR count). The number of piperidine rings is 1. The third-order valence-corrected chi connectivity index (χ3v) is 4.99. The summed E-state index contributed by atoms with van der Waals surface area (Å²) >= 11 is 0. The Morgan fingerprint density at radius 2 is 1.86 bits per heavy atom. The normalized spacial score (nSPS) is 25.0. The maximum atomic E-state index is 10.4. The van der Waals surface area contributed by atoms with Crippen LogP contribution in [0.1, 0.15) is 42.9 Å². The lowest BCUT2D eigenvalue weighted by molar-refractivity contribution is 0.0651. The van der Waals surface area contributed by atoms with Crippen LogP contribution < -0.4 is 0 Å². The van der Waals surface area contributed by atoms with E-state index in [1.54, 1.807) is 12.1 Å². The summed E-state index contributed by atoms with van der Waals surface area (Å²) in [6.07, 6.45) is 4.73. The zero-order valence-electron chi connectivity index (χ0n) is 13.1. The second-order valence-corrected chi connectivity index (χ2v) is 6.55. The van der Waals surface area contributed by atoms with Crippen molar-refractivity contribution in [2.75, 3.05) is 32.7 Å². The number of aliphatic hydroxyl groups is 1. The molecule has 1 N–H and O–H groups in total. The van der Waals surface area contributed by atoms with E-state index in [0.717, 1.165) is 18.7 Å². The molecule has 0 aliphatic carbocycles. The molecule has 4 nitrogen and oxygen atoms in total. The monoisotopic (exact) mass is 299 g/mol. The highest BCUT2D eigenvalue weighted by Gasteiger charge is 2.28. The van der Waals surface area contributed by atoms with Crippen molar-refractivity contribution in [2.45, 2.75) is 37.8 Å². The molecule has 1 aromatic carbocycles. The van der Waals surface area contributed by atoms with Crippen LogP contribution >= 0.6 is 0 Å². The van der Waals surface area contributed by atoms with Crippen molar-refractivity contribution < 1.29 is 5.11 Å². The second kappa shape index (κ2) is 7.23. The lowest BCUT2D eigenvalue weighted by Crippen LogP contribution is -2.47. The van der Waals surface area contributed by atoms with Crippen molar-refractivity contribution in [2.24, 2.45) is 0 Å². The van der Waals surface area contributed by atoms with Gasteiger partial charge in [0.05, 0.1) is 17.7 Å². The van der Waals surface area contributed by atoms with Crippen LogP contribution in [0, 0.1) is 11.3 Å². The average Bonchev–Trinajstić information content (AvgIpc) is 3.10. The summed E-state index contributed by atoms with van der Waals surface area (Å²) in [5, 5.41) is 19.3. The van der Waals surface area contributed by atoms with Crippen LogP contribution in [-0.4, -0.2) is 53.7 Å². The first-order chi connectivity index (χ1) is 10.8. The maximum Gasteiger partial charge on any atom is 0.0991 e. The van der Waals surface area contributed by atoms with Gasteiger partial charge in [-0.05, 0) is 63.0 Å². The molecule has 0 radical (unpaired) electrons. The lowest BCUT2D eigenvalue weighted by Gasteiger charge is -2.38. The third kappa shape index (κ3) is 3.67. The lowest BCUT2D eigenvalue weighted by atomic mass is 10.0. The minimum absolute atomic E-state index is 0.468. The number of aliphatic hydroxyl groups excluding tert-OH is 1. The van der Waals surface area contributed by atoms with Gasteiger partial charge in [-0.3, -0.25) is 9.80 Å². The predicted octanol–water partition coefficient (Wildman–Crippen LogP) is 2.15. The van der Waals surface area contributed by atoms with E-state index in [0.29, 0.717) is 18.2 Å². The fraction of sp³-hybridized carbons (Fsp3) is 0.611. The first-order valence-electron chi connectivity index (χ1n) is 8.41. The number of nitrogens with zero attached hydrogens (tertiary/aromatic N) is 3. The Kier molecular flexibility index (Phi) is 5.09. The van der Waals surface area contributed by atoms with Crippen molar-refractivity contribution in [1.29, 1.82) is 5.26 Å². The highest BCUT2D eigenvalue weighted by molar-refractivity contribution is 5.32. The number of benzene rings is 1. The van der Waals surface area contributed by atoms with Crippen molar-refractivity contribution in [3.63, 3.8) is 0 Å². The quantitative estimate of drug-likeness (QED) is 0.925. The molecule has 0 amide bonds. The van der Waals surface area contributed by atoms with E-state index in [9.17, 15) is 5.11 Å². The van der Waals surface area contributed by atoms with Gasteiger partial charge in [-0.2, -0.15) is 5.26 Å². The van der Waals surface area contributed by atoms with E-state index >= 15 is 0 Å². The predicted molar refractivity (Wildman–Crippen MR) is 86.4 cm³/mol. The molecular weight excluding hydrogens is 274 g/mol. The topological polar surface area (TPSA) is 50.5 Å². The molecule has 1 aromatic rings. The molecular formula is C18H25N3O. The van der Waals surface area contributed by atoms with Crippen molar-refractivity contribution in [3.05, 3.63) is 35.4 Å².